The molecule has 0 saturated heterocycles. The predicted octanol–water partition coefficient (Wildman–Crippen LogP) is 13.0. The molecule has 0 unspecified atom stereocenters. The Hall–Kier alpha value is -6.65. The zero-order valence-corrected chi connectivity index (χ0v) is 33.7. The molecule has 10 aromatic rings. The molecule has 0 fully saturated rings. The Labute approximate surface area is 346 Å². The van der Waals surface area contributed by atoms with E-state index in [-0.39, 0.29) is 20.1 Å². The predicted molar refractivity (Wildman–Crippen MR) is 228 cm³/mol. The number of nitrogens with zero attached hydrogens (tertiary/aromatic N) is 3. The van der Waals surface area contributed by atoms with Gasteiger partial charge in [0.15, 0.2) is 0 Å². The Kier molecular flexibility index (Phi) is 11.1. The summed E-state index contributed by atoms with van der Waals surface area (Å²) in [5.41, 5.74) is 15.0. The van der Waals surface area contributed by atoms with Crippen LogP contribution in [0.25, 0.3) is 72.6 Å². The van der Waals surface area contributed by atoms with Gasteiger partial charge in [-0.2, -0.15) is 0 Å². The van der Waals surface area contributed by atoms with E-state index < -0.39 is 0 Å². The molecule has 0 amide bonds. The van der Waals surface area contributed by atoms with Crippen LogP contribution in [0, 0.1) is 19.3 Å². The van der Waals surface area contributed by atoms with E-state index in [1.807, 2.05) is 54.6 Å². The van der Waals surface area contributed by atoms with Crippen LogP contribution in [0.15, 0.2) is 199 Å². The fourth-order valence-electron chi connectivity index (χ4n) is 7.32. The Bertz CT molecular complexity index is 2770. The fraction of sp³-hybridized carbons (Fsp3) is 0.0385. The van der Waals surface area contributed by atoms with E-state index in [0.29, 0.717) is 0 Å². The molecule has 0 atom stereocenters. The van der Waals surface area contributed by atoms with Crippen LogP contribution in [0.5, 0.6) is 0 Å². The van der Waals surface area contributed by atoms with Crippen molar-refractivity contribution in [2.45, 2.75) is 13.3 Å². The van der Waals surface area contributed by atoms with E-state index in [4.69, 9.17) is 9.40 Å². The Balaban J connectivity index is 0.000000300. The molecule has 10 rings (SSSR count). The molecule has 0 saturated carbocycles. The van der Waals surface area contributed by atoms with Gasteiger partial charge in [-0.25, -0.2) is 0 Å². The van der Waals surface area contributed by atoms with E-state index in [0.717, 1.165) is 79.0 Å². The van der Waals surface area contributed by atoms with Crippen LogP contribution in [0.1, 0.15) is 16.7 Å². The van der Waals surface area contributed by atoms with Gasteiger partial charge in [0.2, 0.25) is 0 Å². The quantitative estimate of drug-likeness (QED) is 0.150. The first-order valence-corrected chi connectivity index (χ1v) is 18.8. The van der Waals surface area contributed by atoms with Crippen molar-refractivity contribution < 1.29 is 24.5 Å². The smallest absolute Gasteiger partial charge is 0.0774 e. The summed E-state index contributed by atoms with van der Waals surface area (Å²) in [6.45, 7) is 2.17. The molecule has 3 heterocycles. The second-order valence-corrected chi connectivity index (χ2v) is 13.8. The summed E-state index contributed by atoms with van der Waals surface area (Å²) >= 11 is 0. The average molecular weight is 912 g/mol. The molecule has 4 nitrogen and oxygen atoms in total. The minimum Gasteiger partial charge on any atom is -0.557 e. The van der Waals surface area contributed by atoms with Crippen molar-refractivity contribution in [3.63, 3.8) is 0 Å². The number of benzene rings is 7. The largest absolute Gasteiger partial charge is 0.557 e. The van der Waals surface area contributed by atoms with Crippen molar-refractivity contribution >= 4 is 22.0 Å². The van der Waals surface area contributed by atoms with Crippen molar-refractivity contribution in [3.05, 3.63) is 223 Å². The van der Waals surface area contributed by atoms with Gasteiger partial charge in [0.25, 0.3) is 0 Å². The van der Waals surface area contributed by atoms with E-state index in [2.05, 4.69) is 162 Å². The van der Waals surface area contributed by atoms with Crippen LogP contribution in [0.2, 0.25) is 0 Å². The molecular weight excluding hydrogens is 875 g/mol. The monoisotopic (exact) mass is 912 g/mol. The Morgan fingerprint density at radius 1 is 0.614 bits per heavy atom. The maximum Gasteiger partial charge on any atom is 0.0774 e. The van der Waals surface area contributed by atoms with Crippen LogP contribution in [0.4, 0.5) is 0 Å². The van der Waals surface area contributed by atoms with Crippen LogP contribution in [0.3, 0.4) is 0 Å². The average Bonchev–Trinajstić information content (AvgIpc) is 3.86. The number of aromatic nitrogens is 3. The number of imidazole rings is 1. The van der Waals surface area contributed by atoms with Gasteiger partial charge in [-0.15, -0.1) is 42.0 Å². The Morgan fingerprint density at radius 3 is 1.93 bits per heavy atom. The third-order valence-electron chi connectivity index (χ3n) is 9.91. The van der Waals surface area contributed by atoms with Gasteiger partial charge in [0.05, 0.1) is 22.5 Å². The molecule has 0 bridgehead atoms. The number of hydrogen-bond acceptors (Lipinski definition) is 3. The first kappa shape index (κ1) is 37.3. The summed E-state index contributed by atoms with van der Waals surface area (Å²) in [5.74, 6) is 0.805. The number of aryl methyl sites for hydroxylation is 1. The summed E-state index contributed by atoms with van der Waals surface area (Å²) in [7, 11) is 0. The summed E-state index contributed by atoms with van der Waals surface area (Å²) < 4.78 is 8.44. The van der Waals surface area contributed by atoms with E-state index >= 15 is 0 Å². The molecule has 0 spiro atoms. The van der Waals surface area contributed by atoms with Crippen LogP contribution < -0.4 is 0 Å². The summed E-state index contributed by atoms with van der Waals surface area (Å²) in [4.78, 5) is 9.45. The molecule has 0 aliphatic heterocycles. The number of pyridine rings is 1. The topological polar surface area (TPSA) is 43.9 Å². The normalized spacial score (nSPS) is 10.8. The van der Waals surface area contributed by atoms with Gasteiger partial charge in [-0.05, 0) is 71.6 Å². The van der Waals surface area contributed by atoms with E-state index in [1.54, 1.807) is 6.20 Å². The van der Waals surface area contributed by atoms with Gasteiger partial charge >= 0.3 is 0 Å². The van der Waals surface area contributed by atoms with Crippen molar-refractivity contribution in [2.24, 2.45) is 0 Å². The zero-order chi connectivity index (χ0) is 37.7. The molecule has 7 aromatic carbocycles. The van der Waals surface area contributed by atoms with E-state index in [1.165, 1.54) is 16.7 Å². The maximum atomic E-state index is 6.14. The summed E-state index contributed by atoms with van der Waals surface area (Å²) in [5, 5.41) is 0.994. The van der Waals surface area contributed by atoms with Gasteiger partial charge in [0, 0.05) is 49.3 Å². The zero-order valence-electron chi connectivity index (χ0n) is 31.3. The SMILES string of the molecule is Cc1cc(-c2ccccc2)c(-n2c(-c3[c-]oc4cc(Cc5ccccc5)ccc34)nc3ccccc32)c(-c2ccccc2)c1.[Ir].[c-]1ccccc1-c1ccccn1. The summed E-state index contributed by atoms with van der Waals surface area (Å²) in [6, 6.07) is 68.0. The minimum atomic E-state index is 0. The standard InChI is InChI=1S/C41H29N2O.C11H8N.Ir/c1-28-23-34(31-15-7-3-8-16-31)40(35(24-28)32-17-9-4-10-18-32)43-38-20-12-11-19-37(38)42-41(43)36-27-44-39-26-30(21-22-33(36)39)25-29-13-5-2-6-14-29;1-2-6-10(7-3-1)11-8-4-5-9-12-11;/h2-24,26H,25H2,1H3;1-6,8-9H;/q2*-1;. The number of rotatable bonds is 7. The van der Waals surface area contributed by atoms with Crippen molar-refractivity contribution in [3.8, 4) is 50.6 Å². The van der Waals surface area contributed by atoms with Crippen molar-refractivity contribution in [1.82, 2.24) is 14.5 Å². The minimum absolute atomic E-state index is 0. The fourth-order valence-corrected chi connectivity index (χ4v) is 7.32. The first-order chi connectivity index (χ1) is 27.7. The molecule has 57 heavy (non-hydrogen) atoms. The van der Waals surface area contributed by atoms with Crippen LogP contribution >= 0.6 is 0 Å². The van der Waals surface area contributed by atoms with Crippen molar-refractivity contribution in [2.75, 3.05) is 0 Å². The third kappa shape index (κ3) is 7.90. The Morgan fingerprint density at radius 2 is 1.26 bits per heavy atom. The van der Waals surface area contributed by atoms with Crippen molar-refractivity contribution in [1.29, 1.82) is 0 Å². The van der Waals surface area contributed by atoms with Gasteiger partial charge in [0.1, 0.15) is 0 Å². The van der Waals surface area contributed by atoms with Gasteiger partial charge in [-0.1, -0.05) is 144 Å². The second kappa shape index (κ2) is 17.0. The third-order valence-corrected chi connectivity index (χ3v) is 9.91. The molecule has 0 N–H and O–H groups in total. The molecule has 3 aromatic heterocycles. The maximum absolute atomic E-state index is 6.14. The number of para-hydroxylation sites is 2. The van der Waals surface area contributed by atoms with Gasteiger partial charge in [-0.3, -0.25) is 4.98 Å². The molecule has 1 radical (unpaired) electrons. The van der Waals surface area contributed by atoms with Gasteiger partial charge < -0.3 is 14.0 Å². The van der Waals surface area contributed by atoms with Crippen LogP contribution in [-0.4, -0.2) is 14.5 Å². The number of fused-ring (bicyclic) bond motifs is 2. The first-order valence-electron chi connectivity index (χ1n) is 18.8. The molecule has 5 heteroatoms. The molecule has 0 aliphatic rings. The van der Waals surface area contributed by atoms with Crippen LogP contribution in [-0.2, 0) is 26.5 Å². The number of hydrogen-bond donors (Lipinski definition) is 0. The molecular formula is C52H37IrN3O-2. The second-order valence-electron chi connectivity index (χ2n) is 13.8. The summed E-state index contributed by atoms with van der Waals surface area (Å²) in [6.07, 6.45) is 5.89. The number of furan rings is 1. The van der Waals surface area contributed by atoms with E-state index in [9.17, 15) is 0 Å². The molecule has 0 aliphatic carbocycles. The molecule has 277 valence electrons.